The Labute approximate surface area is 503 Å². The van der Waals surface area contributed by atoms with Crippen molar-refractivity contribution in [3.8, 4) is 23.0 Å². The molecular weight excluding hydrogens is 1050 g/mol. The highest BCUT2D eigenvalue weighted by molar-refractivity contribution is 5.56. The summed E-state index contributed by atoms with van der Waals surface area (Å²) in [6.45, 7) is 4.94. The molecule has 4 aromatic carbocycles. The average Bonchev–Trinajstić information content (AvgIpc) is 2.51. The lowest BCUT2D eigenvalue weighted by molar-refractivity contribution is 0.292. The Morgan fingerprint density at radius 1 is 0.238 bits per heavy atom. The van der Waals surface area contributed by atoms with Gasteiger partial charge in [0.15, 0.2) is 0 Å². The minimum atomic E-state index is 0.588. The molecule has 5 rings (SSSR count). The van der Waals surface area contributed by atoms with E-state index in [4.69, 9.17) is 41.1 Å². The second-order valence-electron chi connectivity index (χ2n) is 22.9. The normalized spacial score (nSPS) is 11.6. The summed E-state index contributed by atoms with van der Waals surface area (Å²) in [5, 5.41) is 14.7. The number of fused-ring (bicyclic) bond motifs is 8. The van der Waals surface area contributed by atoms with E-state index in [0.717, 1.165) is 170 Å². The summed E-state index contributed by atoms with van der Waals surface area (Å²) in [7, 11) is 0. The lowest BCUT2D eigenvalue weighted by Crippen LogP contribution is -2.10. The van der Waals surface area contributed by atoms with E-state index in [1.165, 1.54) is 103 Å². The molecule has 8 bridgehead atoms. The summed E-state index contributed by atoms with van der Waals surface area (Å²) in [6, 6.07) is 26.8. The number of azide groups is 4. The molecule has 0 atom stereocenters. The standard InChI is InChI=1S/C68H100N12O4/c69-77-73-45-25-17-9-1-5-13-21-29-49-81-65-57-37-33-38-58(65)54-60-40-35-42-62(67(60)83-51-31-23-15-7-3-11-19-27-47-75-79-71)56-64-44-36-43-63(68(64)84-52-32-24-16-8-4-12-20-28-48-76-80-72)55-61-41-34-39-59(53-57)66(61)82-50-30-22-14-6-2-10-18-26-46-74-78-70/h33-44H,1-32,45-56H2. The van der Waals surface area contributed by atoms with Gasteiger partial charge in [0.05, 0.1) is 26.4 Å². The van der Waals surface area contributed by atoms with Crippen LogP contribution in [0.25, 0.3) is 41.8 Å². The molecule has 0 unspecified atom stereocenters. The zero-order valence-corrected chi connectivity index (χ0v) is 51.0. The second-order valence-corrected chi connectivity index (χ2v) is 22.9. The fourth-order valence-corrected chi connectivity index (χ4v) is 11.5. The molecule has 0 aliphatic heterocycles. The first-order valence-electron chi connectivity index (χ1n) is 32.6. The van der Waals surface area contributed by atoms with Crippen molar-refractivity contribution in [1.29, 1.82) is 0 Å². The Morgan fingerprint density at radius 2 is 0.393 bits per heavy atom. The van der Waals surface area contributed by atoms with Crippen molar-refractivity contribution in [2.45, 2.75) is 231 Å². The summed E-state index contributed by atoms with van der Waals surface area (Å²) in [5.41, 5.74) is 43.7. The molecule has 0 aromatic heterocycles. The maximum absolute atomic E-state index is 8.60. The van der Waals surface area contributed by atoms with E-state index in [2.05, 4.69) is 113 Å². The molecule has 0 spiro atoms. The van der Waals surface area contributed by atoms with Gasteiger partial charge in [0.1, 0.15) is 23.0 Å². The van der Waals surface area contributed by atoms with Gasteiger partial charge in [-0.3, -0.25) is 0 Å². The van der Waals surface area contributed by atoms with E-state index in [1.807, 2.05) is 0 Å². The van der Waals surface area contributed by atoms with Gasteiger partial charge in [-0.05, 0) is 118 Å². The number of hydrogen-bond acceptors (Lipinski definition) is 8. The van der Waals surface area contributed by atoms with Crippen LogP contribution < -0.4 is 18.9 Å². The van der Waals surface area contributed by atoms with Gasteiger partial charge in [-0.15, -0.1) is 0 Å². The van der Waals surface area contributed by atoms with Crippen molar-refractivity contribution >= 4 is 0 Å². The van der Waals surface area contributed by atoms with Crippen LogP contribution in [0.15, 0.2) is 93.3 Å². The molecule has 16 nitrogen and oxygen atoms in total. The van der Waals surface area contributed by atoms with Gasteiger partial charge in [0.2, 0.25) is 0 Å². The third-order valence-electron chi connectivity index (χ3n) is 16.1. The van der Waals surface area contributed by atoms with Crippen molar-refractivity contribution in [2.24, 2.45) is 20.5 Å². The van der Waals surface area contributed by atoms with Crippen LogP contribution in [0.5, 0.6) is 23.0 Å². The Morgan fingerprint density at radius 3 is 0.560 bits per heavy atom. The van der Waals surface area contributed by atoms with Gasteiger partial charge in [-0.25, -0.2) is 0 Å². The predicted octanol–water partition coefficient (Wildman–Crippen LogP) is 21.6. The van der Waals surface area contributed by atoms with E-state index < -0.39 is 0 Å². The van der Waals surface area contributed by atoms with Crippen molar-refractivity contribution < 1.29 is 18.9 Å². The SMILES string of the molecule is [N-]=[N+]=NCCCCCCCCCCOc1c2cccc1Cc1cccc(c1OCCCCCCCCCCN=[N+]=[N-])Cc1cccc(c1OCCCCCCCCCCN=[N+]=[N-])Cc1cccc(c1OCCCCCCCCCCN=[N+]=[N-])C2. The van der Waals surface area contributed by atoms with Gasteiger partial charge >= 0.3 is 0 Å². The molecule has 0 radical (unpaired) electrons. The summed E-state index contributed by atoms with van der Waals surface area (Å²) in [6.07, 6.45) is 38.3. The minimum absolute atomic E-state index is 0.588. The number of nitrogens with zero attached hydrogens (tertiary/aromatic N) is 12. The monoisotopic (exact) mass is 1150 g/mol. The van der Waals surface area contributed by atoms with Crippen LogP contribution in [0, 0.1) is 0 Å². The largest absolute Gasteiger partial charge is 0.493 e. The second kappa shape index (κ2) is 45.7. The Bertz CT molecular complexity index is 2200. The van der Waals surface area contributed by atoms with Crippen LogP contribution in [-0.2, 0) is 25.7 Å². The fourth-order valence-electron chi connectivity index (χ4n) is 11.5. The van der Waals surface area contributed by atoms with Crippen LogP contribution in [0.3, 0.4) is 0 Å². The predicted molar refractivity (Wildman–Crippen MR) is 343 cm³/mol. The number of para-hydroxylation sites is 4. The Kier molecular flexibility index (Phi) is 37.1. The van der Waals surface area contributed by atoms with Crippen LogP contribution >= 0.6 is 0 Å². The van der Waals surface area contributed by atoms with Crippen LogP contribution in [0.2, 0.25) is 0 Å². The van der Waals surface area contributed by atoms with Crippen LogP contribution in [-0.4, -0.2) is 52.6 Å². The van der Waals surface area contributed by atoms with E-state index in [1.54, 1.807) is 0 Å². The highest BCUT2D eigenvalue weighted by Crippen LogP contribution is 2.39. The molecule has 0 N–H and O–H groups in total. The zero-order valence-electron chi connectivity index (χ0n) is 51.0. The van der Waals surface area contributed by atoms with Gasteiger partial charge in [0, 0.05) is 71.5 Å². The molecule has 456 valence electrons. The van der Waals surface area contributed by atoms with Gasteiger partial charge in [-0.1, -0.05) is 247 Å². The van der Waals surface area contributed by atoms with Gasteiger partial charge in [-0.2, -0.15) is 0 Å². The van der Waals surface area contributed by atoms with Crippen molar-refractivity contribution in [3.05, 3.63) is 159 Å². The van der Waals surface area contributed by atoms with E-state index in [-0.39, 0.29) is 0 Å². The summed E-state index contributed by atoms with van der Waals surface area (Å²) < 4.78 is 28.1. The third-order valence-corrected chi connectivity index (χ3v) is 16.1. The molecule has 84 heavy (non-hydrogen) atoms. The Balaban J connectivity index is 1.41. The smallest absolute Gasteiger partial charge is 0.126 e. The van der Waals surface area contributed by atoms with Crippen molar-refractivity contribution in [3.63, 3.8) is 0 Å². The topological polar surface area (TPSA) is 232 Å². The molecular formula is C68H100N12O4. The third kappa shape index (κ3) is 28.3. The first kappa shape index (κ1) is 68.1. The molecule has 0 amide bonds. The fraction of sp³-hybridized carbons (Fsp3) is 0.647. The van der Waals surface area contributed by atoms with E-state index in [0.29, 0.717) is 78.3 Å². The zero-order chi connectivity index (χ0) is 59.0. The first-order valence-corrected chi connectivity index (χ1v) is 32.6. The summed E-state index contributed by atoms with van der Waals surface area (Å²) in [5.74, 6) is 3.87. The molecule has 0 heterocycles. The van der Waals surface area contributed by atoms with Crippen LogP contribution in [0.4, 0.5) is 0 Å². The number of hydrogen-bond donors (Lipinski definition) is 0. The molecule has 0 fully saturated rings. The Hall–Kier alpha value is -6.68. The molecule has 0 saturated carbocycles. The molecule has 16 heteroatoms. The van der Waals surface area contributed by atoms with Crippen molar-refractivity contribution in [2.75, 3.05) is 52.6 Å². The number of benzene rings is 4. The maximum atomic E-state index is 8.60. The molecule has 1 aliphatic carbocycles. The van der Waals surface area contributed by atoms with Crippen molar-refractivity contribution in [1.82, 2.24) is 0 Å². The molecule has 4 aromatic rings. The van der Waals surface area contributed by atoms with E-state index >= 15 is 0 Å². The number of unbranched alkanes of at least 4 members (excludes halogenated alkanes) is 28. The lowest BCUT2D eigenvalue weighted by atomic mass is 9.91. The van der Waals surface area contributed by atoms with E-state index in [9.17, 15) is 0 Å². The lowest BCUT2D eigenvalue weighted by Gasteiger charge is -2.23. The minimum Gasteiger partial charge on any atom is -0.493 e. The highest BCUT2D eigenvalue weighted by atomic mass is 16.5. The summed E-state index contributed by atoms with van der Waals surface area (Å²) in [4.78, 5) is 11.5. The summed E-state index contributed by atoms with van der Waals surface area (Å²) >= 11 is 0. The number of rotatable bonds is 48. The number of ether oxygens (including phenoxy) is 4. The average molecular weight is 1150 g/mol. The van der Waals surface area contributed by atoms with Crippen LogP contribution in [0.1, 0.15) is 250 Å². The quantitative estimate of drug-likeness (QED) is 0.0160. The van der Waals surface area contributed by atoms with Gasteiger partial charge in [0.25, 0.3) is 0 Å². The maximum Gasteiger partial charge on any atom is 0.126 e. The highest BCUT2D eigenvalue weighted by Gasteiger charge is 2.22. The molecule has 1 aliphatic rings. The van der Waals surface area contributed by atoms with Gasteiger partial charge < -0.3 is 18.9 Å². The first-order chi connectivity index (χ1) is 41.7. The molecule has 0 saturated heterocycles.